The number of benzene rings is 2. The molecule has 2 heterocycles. The van der Waals surface area contributed by atoms with E-state index in [1.165, 1.54) is 5.56 Å². The average molecular weight is 392 g/mol. The molecule has 1 aromatic heterocycles. The molecule has 0 saturated heterocycles. The van der Waals surface area contributed by atoms with Gasteiger partial charge in [-0.25, -0.2) is 4.79 Å². The zero-order valence-corrected chi connectivity index (χ0v) is 17.7. The van der Waals surface area contributed by atoms with Crippen LogP contribution in [0.4, 0.5) is 5.69 Å². The third-order valence-electron chi connectivity index (χ3n) is 5.68. The first-order chi connectivity index (χ1) is 13.9. The number of aryl methyl sites for hydroxylation is 1. The summed E-state index contributed by atoms with van der Waals surface area (Å²) in [5.74, 6) is 0.802. The second-order valence-electron chi connectivity index (χ2n) is 8.88. The van der Waals surface area contributed by atoms with E-state index in [9.17, 15) is 4.79 Å². The lowest BCUT2D eigenvalue weighted by atomic mass is 9.87. The van der Waals surface area contributed by atoms with E-state index < -0.39 is 0 Å². The Kier molecular flexibility index (Phi) is 5.12. The Morgan fingerprint density at radius 2 is 1.83 bits per heavy atom. The van der Waals surface area contributed by atoms with E-state index in [1.54, 1.807) is 6.07 Å². The van der Waals surface area contributed by atoms with Gasteiger partial charge in [0.1, 0.15) is 11.3 Å². The van der Waals surface area contributed by atoms with Crippen molar-refractivity contribution in [1.82, 2.24) is 0 Å². The molecule has 0 fully saturated rings. The standard InChI is InChI=1S/C25H29NO3/c1-5-6-7-17-14-23(27)29-24-20(17)12-13-22-21(24)15-26(16-28-22)19-10-8-18(9-11-19)25(2,3)4/h8-14H,5-7,15-16H2,1-4H3. The van der Waals surface area contributed by atoms with Crippen molar-refractivity contribution in [2.24, 2.45) is 0 Å². The van der Waals surface area contributed by atoms with Crippen LogP contribution in [0.15, 0.2) is 51.7 Å². The smallest absolute Gasteiger partial charge is 0.336 e. The number of hydrogen-bond donors (Lipinski definition) is 0. The lowest BCUT2D eigenvalue weighted by Gasteiger charge is -2.31. The Bertz CT molecular complexity index is 1070. The molecule has 0 atom stereocenters. The van der Waals surface area contributed by atoms with Crippen LogP contribution < -0.4 is 15.3 Å². The second kappa shape index (κ2) is 7.58. The first kappa shape index (κ1) is 19.6. The minimum atomic E-state index is -0.288. The summed E-state index contributed by atoms with van der Waals surface area (Å²) in [5, 5.41) is 1.02. The van der Waals surface area contributed by atoms with E-state index >= 15 is 0 Å². The Hall–Kier alpha value is -2.75. The van der Waals surface area contributed by atoms with Crippen LogP contribution >= 0.6 is 0 Å². The van der Waals surface area contributed by atoms with Crippen molar-refractivity contribution < 1.29 is 9.15 Å². The number of hydrogen-bond acceptors (Lipinski definition) is 4. The van der Waals surface area contributed by atoms with E-state index in [2.05, 4.69) is 56.9 Å². The molecule has 0 aliphatic carbocycles. The van der Waals surface area contributed by atoms with Crippen LogP contribution in [0.2, 0.25) is 0 Å². The van der Waals surface area contributed by atoms with Crippen molar-refractivity contribution in [3.05, 3.63) is 69.6 Å². The molecule has 3 aromatic rings. The number of rotatable bonds is 4. The van der Waals surface area contributed by atoms with Gasteiger partial charge in [0.05, 0.1) is 12.1 Å². The van der Waals surface area contributed by atoms with Crippen LogP contribution in [0, 0.1) is 0 Å². The topological polar surface area (TPSA) is 42.7 Å². The molecule has 0 unspecified atom stereocenters. The minimum Gasteiger partial charge on any atom is -0.473 e. The molecule has 29 heavy (non-hydrogen) atoms. The first-order valence-electron chi connectivity index (χ1n) is 10.4. The van der Waals surface area contributed by atoms with E-state index in [4.69, 9.17) is 9.15 Å². The Labute approximate surface area is 172 Å². The summed E-state index contributed by atoms with van der Waals surface area (Å²) < 4.78 is 11.7. The Balaban J connectivity index is 1.71. The lowest BCUT2D eigenvalue weighted by molar-refractivity contribution is 0.289. The highest BCUT2D eigenvalue weighted by molar-refractivity contribution is 5.85. The summed E-state index contributed by atoms with van der Waals surface area (Å²) in [6.07, 6.45) is 3.03. The van der Waals surface area contributed by atoms with E-state index in [-0.39, 0.29) is 11.0 Å². The Morgan fingerprint density at radius 3 is 2.52 bits per heavy atom. The highest BCUT2D eigenvalue weighted by Crippen LogP contribution is 2.35. The van der Waals surface area contributed by atoms with Gasteiger partial charge in [0, 0.05) is 17.1 Å². The molecule has 0 spiro atoms. The Morgan fingerprint density at radius 1 is 1.07 bits per heavy atom. The van der Waals surface area contributed by atoms with Crippen LogP contribution in [0.1, 0.15) is 57.2 Å². The maximum atomic E-state index is 12.2. The molecule has 0 N–H and O–H groups in total. The van der Waals surface area contributed by atoms with Gasteiger partial charge >= 0.3 is 5.63 Å². The van der Waals surface area contributed by atoms with E-state index in [0.29, 0.717) is 18.9 Å². The highest BCUT2D eigenvalue weighted by atomic mass is 16.5. The largest absolute Gasteiger partial charge is 0.473 e. The third-order valence-corrected chi connectivity index (χ3v) is 5.68. The normalized spacial score (nSPS) is 14.0. The number of anilines is 1. The SMILES string of the molecule is CCCCc1cc(=O)oc2c3c(ccc12)OCN(c1ccc(C(C)(C)C)cc1)C3. The molecule has 1 aliphatic rings. The third kappa shape index (κ3) is 3.89. The van der Waals surface area contributed by atoms with Crippen LogP contribution in [0.25, 0.3) is 11.0 Å². The zero-order valence-electron chi connectivity index (χ0n) is 17.7. The lowest BCUT2D eigenvalue weighted by Crippen LogP contribution is -2.32. The van der Waals surface area contributed by atoms with Crippen LogP contribution in [0.3, 0.4) is 0 Å². The fourth-order valence-corrected chi connectivity index (χ4v) is 3.91. The number of ether oxygens (including phenoxy) is 1. The van der Waals surface area contributed by atoms with Crippen molar-refractivity contribution in [3.8, 4) is 5.75 Å². The fraction of sp³-hybridized carbons (Fsp3) is 0.400. The summed E-state index contributed by atoms with van der Waals surface area (Å²) in [6.45, 7) is 9.94. The molecule has 1 aliphatic heterocycles. The monoisotopic (exact) mass is 391 g/mol. The average Bonchev–Trinajstić information content (AvgIpc) is 2.71. The van der Waals surface area contributed by atoms with Crippen molar-refractivity contribution in [2.75, 3.05) is 11.6 Å². The molecule has 2 aromatic carbocycles. The molecule has 0 amide bonds. The first-order valence-corrected chi connectivity index (χ1v) is 10.4. The molecular weight excluding hydrogens is 362 g/mol. The number of nitrogens with zero attached hydrogens (tertiary/aromatic N) is 1. The number of fused-ring (bicyclic) bond motifs is 3. The molecule has 4 heteroatoms. The van der Waals surface area contributed by atoms with Crippen molar-refractivity contribution in [2.45, 2.75) is 58.9 Å². The second-order valence-corrected chi connectivity index (χ2v) is 8.88. The summed E-state index contributed by atoms with van der Waals surface area (Å²) in [5.41, 5.74) is 4.91. The molecule has 0 bridgehead atoms. The predicted molar refractivity (Wildman–Crippen MR) is 118 cm³/mol. The summed E-state index contributed by atoms with van der Waals surface area (Å²) in [7, 11) is 0. The number of unbranched alkanes of at least 4 members (excludes halogenated alkanes) is 1. The van der Waals surface area contributed by atoms with Gasteiger partial charge in [0.25, 0.3) is 0 Å². The highest BCUT2D eigenvalue weighted by Gasteiger charge is 2.23. The molecule has 152 valence electrons. The zero-order chi connectivity index (χ0) is 20.6. The molecule has 4 rings (SSSR count). The van der Waals surface area contributed by atoms with Gasteiger partial charge in [-0.1, -0.05) is 46.2 Å². The van der Waals surface area contributed by atoms with Gasteiger partial charge in [0.2, 0.25) is 0 Å². The molecular formula is C25H29NO3. The van der Waals surface area contributed by atoms with Gasteiger partial charge in [0.15, 0.2) is 6.73 Å². The predicted octanol–water partition coefficient (Wildman–Crippen LogP) is 5.79. The van der Waals surface area contributed by atoms with Crippen molar-refractivity contribution >= 4 is 16.7 Å². The summed E-state index contributed by atoms with van der Waals surface area (Å²) in [6, 6.07) is 14.3. The summed E-state index contributed by atoms with van der Waals surface area (Å²) in [4.78, 5) is 14.4. The molecule has 0 radical (unpaired) electrons. The fourth-order valence-electron chi connectivity index (χ4n) is 3.91. The van der Waals surface area contributed by atoms with Crippen LogP contribution in [0.5, 0.6) is 5.75 Å². The van der Waals surface area contributed by atoms with Crippen LogP contribution in [-0.4, -0.2) is 6.73 Å². The van der Waals surface area contributed by atoms with Gasteiger partial charge in [-0.05, 0) is 53.6 Å². The van der Waals surface area contributed by atoms with Crippen molar-refractivity contribution in [1.29, 1.82) is 0 Å². The van der Waals surface area contributed by atoms with Gasteiger partial charge in [-0.3, -0.25) is 0 Å². The van der Waals surface area contributed by atoms with Gasteiger partial charge in [-0.2, -0.15) is 0 Å². The van der Waals surface area contributed by atoms with E-state index in [0.717, 1.165) is 47.2 Å². The molecule has 0 saturated carbocycles. The molecule has 4 nitrogen and oxygen atoms in total. The minimum absolute atomic E-state index is 0.123. The van der Waals surface area contributed by atoms with Gasteiger partial charge in [-0.15, -0.1) is 0 Å². The maximum Gasteiger partial charge on any atom is 0.336 e. The van der Waals surface area contributed by atoms with Gasteiger partial charge < -0.3 is 14.1 Å². The maximum absolute atomic E-state index is 12.2. The summed E-state index contributed by atoms with van der Waals surface area (Å²) >= 11 is 0. The van der Waals surface area contributed by atoms with Crippen molar-refractivity contribution in [3.63, 3.8) is 0 Å². The quantitative estimate of drug-likeness (QED) is 0.528. The van der Waals surface area contributed by atoms with E-state index in [1.807, 2.05) is 12.1 Å². The van der Waals surface area contributed by atoms with Crippen LogP contribution in [-0.2, 0) is 18.4 Å².